The van der Waals surface area contributed by atoms with Gasteiger partial charge in [-0.1, -0.05) is 18.6 Å². The maximum Gasteiger partial charge on any atom is 0.351 e. The Morgan fingerprint density at radius 1 is 1.32 bits per heavy atom. The minimum Gasteiger partial charge on any atom is -0.462 e. The molecule has 4 nitrogen and oxygen atoms in total. The van der Waals surface area contributed by atoms with Gasteiger partial charge in [-0.3, -0.25) is 0 Å². The number of benzene rings is 1. The Morgan fingerprint density at radius 2 is 2.05 bits per heavy atom. The van der Waals surface area contributed by atoms with Gasteiger partial charge >= 0.3 is 11.6 Å². The van der Waals surface area contributed by atoms with Gasteiger partial charge in [0.15, 0.2) is 0 Å². The van der Waals surface area contributed by atoms with Gasteiger partial charge in [0.25, 0.3) is 0 Å². The van der Waals surface area contributed by atoms with Crippen LogP contribution in [-0.2, 0) is 11.2 Å². The molecule has 0 radical (unpaired) electrons. The molecular weight excluding hydrogens is 244 g/mol. The first kappa shape index (κ1) is 13.3. The summed E-state index contributed by atoms with van der Waals surface area (Å²) in [6.45, 7) is 5.79. The summed E-state index contributed by atoms with van der Waals surface area (Å²) in [4.78, 5) is 23.8. The van der Waals surface area contributed by atoms with Gasteiger partial charge in [-0.15, -0.1) is 0 Å². The molecule has 1 heterocycles. The van der Waals surface area contributed by atoms with Crippen LogP contribution in [0.4, 0.5) is 0 Å². The fraction of sp³-hybridized carbons (Fsp3) is 0.333. The van der Waals surface area contributed by atoms with E-state index in [1.807, 2.05) is 26.0 Å². The SMILES string of the molecule is CCOC(=O)c1c(CC)c2cc(C)ccc2oc1=O. The van der Waals surface area contributed by atoms with E-state index in [0.29, 0.717) is 17.6 Å². The minimum atomic E-state index is -0.633. The van der Waals surface area contributed by atoms with Gasteiger partial charge in [-0.05, 0) is 38.0 Å². The third kappa shape index (κ3) is 2.38. The average molecular weight is 260 g/mol. The predicted octanol–water partition coefficient (Wildman–Crippen LogP) is 2.84. The number of hydrogen-bond acceptors (Lipinski definition) is 4. The number of aryl methyl sites for hydroxylation is 2. The topological polar surface area (TPSA) is 56.5 Å². The number of carbonyl (C=O) groups excluding carboxylic acids is 1. The van der Waals surface area contributed by atoms with Crippen molar-refractivity contribution in [1.82, 2.24) is 0 Å². The van der Waals surface area contributed by atoms with Gasteiger partial charge in [0.05, 0.1) is 6.61 Å². The number of ether oxygens (including phenoxy) is 1. The van der Waals surface area contributed by atoms with E-state index in [2.05, 4.69) is 0 Å². The fourth-order valence-corrected chi connectivity index (χ4v) is 2.15. The fourth-order valence-electron chi connectivity index (χ4n) is 2.15. The summed E-state index contributed by atoms with van der Waals surface area (Å²) in [5.41, 5.74) is 1.62. The van der Waals surface area contributed by atoms with Gasteiger partial charge in [0, 0.05) is 5.39 Å². The Balaban J connectivity index is 2.79. The third-order valence-electron chi connectivity index (χ3n) is 3.00. The summed E-state index contributed by atoms with van der Waals surface area (Å²) in [7, 11) is 0. The molecule has 0 N–H and O–H groups in total. The Morgan fingerprint density at radius 3 is 2.68 bits per heavy atom. The highest BCUT2D eigenvalue weighted by molar-refractivity contribution is 5.96. The molecule has 1 aromatic carbocycles. The molecule has 0 fully saturated rings. The van der Waals surface area contributed by atoms with Crippen molar-refractivity contribution in [2.45, 2.75) is 27.2 Å². The Labute approximate surface area is 111 Å². The third-order valence-corrected chi connectivity index (χ3v) is 3.00. The normalized spacial score (nSPS) is 10.7. The lowest BCUT2D eigenvalue weighted by Crippen LogP contribution is -2.19. The smallest absolute Gasteiger partial charge is 0.351 e. The lowest BCUT2D eigenvalue weighted by Gasteiger charge is -2.09. The zero-order valence-corrected chi connectivity index (χ0v) is 11.3. The molecule has 0 aliphatic heterocycles. The molecule has 19 heavy (non-hydrogen) atoms. The van der Waals surface area contributed by atoms with Crippen LogP contribution in [0.1, 0.15) is 35.3 Å². The van der Waals surface area contributed by atoms with Crippen molar-refractivity contribution in [1.29, 1.82) is 0 Å². The van der Waals surface area contributed by atoms with E-state index in [9.17, 15) is 9.59 Å². The molecule has 0 amide bonds. The largest absolute Gasteiger partial charge is 0.462 e. The van der Waals surface area contributed by atoms with Gasteiger partial charge < -0.3 is 9.15 Å². The van der Waals surface area contributed by atoms with Crippen LogP contribution in [0.2, 0.25) is 0 Å². The highest BCUT2D eigenvalue weighted by Crippen LogP contribution is 2.22. The van der Waals surface area contributed by atoms with Crippen LogP contribution < -0.4 is 5.63 Å². The molecule has 0 aliphatic carbocycles. The molecule has 0 unspecified atom stereocenters. The van der Waals surface area contributed by atoms with E-state index >= 15 is 0 Å². The predicted molar refractivity (Wildman–Crippen MR) is 72.6 cm³/mol. The first-order valence-electron chi connectivity index (χ1n) is 6.32. The second-order valence-electron chi connectivity index (χ2n) is 4.32. The highest BCUT2D eigenvalue weighted by atomic mass is 16.5. The van der Waals surface area contributed by atoms with E-state index in [4.69, 9.17) is 9.15 Å². The maximum absolute atomic E-state index is 11.9. The summed E-state index contributed by atoms with van der Waals surface area (Å²) in [5.74, 6) is -0.614. The molecule has 0 spiro atoms. The molecule has 1 aromatic heterocycles. The number of carbonyl (C=O) groups is 1. The highest BCUT2D eigenvalue weighted by Gasteiger charge is 2.20. The van der Waals surface area contributed by atoms with Crippen LogP contribution in [0.5, 0.6) is 0 Å². The molecular formula is C15H16O4. The van der Waals surface area contributed by atoms with Crippen molar-refractivity contribution < 1.29 is 13.9 Å². The molecule has 0 bridgehead atoms. The van der Waals surface area contributed by atoms with Crippen LogP contribution in [-0.4, -0.2) is 12.6 Å². The van der Waals surface area contributed by atoms with Crippen LogP contribution in [0.15, 0.2) is 27.4 Å². The molecule has 0 aliphatic rings. The van der Waals surface area contributed by atoms with Crippen LogP contribution in [0.25, 0.3) is 11.0 Å². The molecule has 2 rings (SSSR count). The van der Waals surface area contributed by atoms with E-state index in [1.54, 1.807) is 13.0 Å². The van der Waals surface area contributed by atoms with Crippen molar-refractivity contribution >= 4 is 16.9 Å². The summed E-state index contributed by atoms with van der Waals surface area (Å²) < 4.78 is 10.1. The summed E-state index contributed by atoms with van der Waals surface area (Å²) in [6, 6.07) is 5.54. The quantitative estimate of drug-likeness (QED) is 0.629. The van der Waals surface area contributed by atoms with Gasteiger partial charge in [-0.25, -0.2) is 9.59 Å². The minimum absolute atomic E-state index is 0.0162. The van der Waals surface area contributed by atoms with Crippen molar-refractivity contribution in [2.24, 2.45) is 0 Å². The van der Waals surface area contributed by atoms with Crippen LogP contribution in [0, 0.1) is 6.92 Å². The zero-order valence-electron chi connectivity index (χ0n) is 11.3. The van der Waals surface area contributed by atoms with E-state index in [0.717, 1.165) is 10.9 Å². The van der Waals surface area contributed by atoms with Crippen LogP contribution >= 0.6 is 0 Å². The first-order chi connectivity index (χ1) is 9.08. The lowest BCUT2D eigenvalue weighted by molar-refractivity contribution is 0.0520. The molecule has 0 saturated heterocycles. The molecule has 4 heteroatoms. The number of hydrogen-bond donors (Lipinski definition) is 0. The molecule has 100 valence electrons. The summed E-state index contributed by atoms with van der Waals surface area (Å²) in [5, 5.41) is 0.796. The standard InChI is InChI=1S/C15H16O4/c1-4-10-11-8-9(3)6-7-12(11)19-15(17)13(10)14(16)18-5-2/h6-8H,4-5H2,1-3H3. The van der Waals surface area contributed by atoms with Crippen molar-refractivity contribution in [3.8, 4) is 0 Å². The van der Waals surface area contributed by atoms with Crippen molar-refractivity contribution in [2.75, 3.05) is 6.61 Å². The van der Waals surface area contributed by atoms with Gasteiger partial charge in [-0.2, -0.15) is 0 Å². The number of esters is 1. The number of rotatable bonds is 3. The lowest BCUT2D eigenvalue weighted by atomic mass is 10.0. The Hall–Kier alpha value is -2.10. The Kier molecular flexibility index (Phi) is 3.69. The summed E-state index contributed by atoms with van der Waals surface area (Å²) >= 11 is 0. The van der Waals surface area contributed by atoms with Crippen LogP contribution in [0.3, 0.4) is 0 Å². The van der Waals surface area contributed by atoms with E-state index in [-0.39, 0.29) is 12.2 Å². The molecule has 0 saturated carbocycles. The van der Waals surface area contributed by atoms with E-state index in [1.165, 1.54) is 0 Å². The Bertz CT molecular complexity index is 682. The maximum atomic E-state index is 11.9. The van der Waals surface area contributed by atoms with Gasteiger partial charge in [0.2, 0.25) is 0 Å². The van der Waals surface area contributed by atoms with Gasteiger partial charge in [0.1, 0.15) is 11.1 Å². The number of fused-ring (bicyclic) bond motifs is 1. The molecule has 2 aromatic rings. The summed E-state index contributed by atoms with van der Waals surface area (Å²) in [6.07, 6.45) is 0.569. The first-order valence-corrected chi connectivity index (χ1v) is 6.32. The van der Waals surface area contributed by atoms with E-state index < -0.39 is 11.6 Å². The second-order valence-corrected chi connectivity index (χ2v) is 4.32. The van der Waals surface area contributed by atoms with Crippen molar-refractivity contribution in [3.63, 3.8) is 0 Å². The second kappa shape index (κ2) is 5.26. The van der Waals surface area contributed by atoms with Crippen molar-refractivity contribution in [3.05, 3.63) is 45.3 Å². The average Bonchev–Trinajstić information content (AvgIpc) is 2.38. The zero-order chi connectivity index (χ0) is 14.0. The molecule has 0 atom stereocenters. The monoisotopic (exact) mass is 260 g/mol.